The molecule has 9 heteroatoms. The number of ether oxygens (including phenoxy) is 1. The molecule has 0 radical (unpaired) electrons. The minimum absolute atomic E-state index is 0.0709. The second-order valence-corrected chi connectivity index (χ2v) is 9.55. The normalized spacial score (nSPS) is 14.6. The van der Waals surface area contributed by atoms with Gasteiger partial charge in [-0.25, -0.2) is 12.8 Å². The zero-order chi connectivity index (χ0) is 21.2. The van der Waals surface area contributed by atoms with Gasteiger partial charge in [0, 0.05) is 32.0 Å². The molecule has 1 aliphatic heterocycles. The minimum Gasteiger partial charge on any atom is -0.469 e. The fraction of sp³-hybridized carbons (Fsp3) is 0.350. The molecule has 0 bridgehead atoms. The van der Waals surface area contributed by atoms with Crippen molar-refractivity contribution in [3.8, 4) is 0 Å². The van der Waals surface area contributed by atoms with Gasteiger partial charge in [-0.2, -0.15) is 0 Å². The molecule has 0 atom stereocenters. The van der Waals surface area contributed by atoms with E-state index in [0.29, 0.717) is 30.6 Å². The highest BCUT2D eigenvalue weighted by Crippen LogP contribution is 2.40. The van der Waals surface area contributed by atoms with Crippen LogP contribution in [0.4, 0.5) is 15.8 Å². The number of carbonyl (C=O) groups is 1. The number of fused-ring (bicyclic) bond motifs is 2. The number of hydrogen-bond acceptors (Lipinski definition) is 5. The number of sulfonamides is 1. The van der Waals surface area contributed by atoms with Gasteiger partial charge in [-0.15, -0.1) is 0 Å². The van der Waals surface area contributed by atoms with Crippen LogP contribution in [0.15, 0.2) is 39.7 Å². The van der Waals surface area contributed by atoms with Gasteiger partial charge in [-0.05, 0) is 46.5 Å². The molecule has 3 rings (SSSR count). The Bertz CT molecular complexity index is 1040. The van der Waals surface area contributed by atoms with Gasteiger partial charge in [0.25, 0.3) is 10.0 Å². The summed E-state index contributed by atoms with van der Waals surface area (Å²) in [6.45, 7) is 0.397. The van der Waals surface area contributed by atoms with Crippen LogP contribution in [-0.4, -0.2) is 35.1 Å². The molecule has 2 aromatic rings. The fourth-order valence-corrected chi connectivity index (χ4v) is 5.44. The summed E-state index contributed by atoms with van der Waals surface area (Å²) >= 11 is 3.15. The van der Waals surface area contributed by atoms with Crippen molar-refractivity contribution in [1.82, 2.24) is 0 Å². The van der Waals surface area contributed by atoms with E-state index in [1.807, 2.05) is 12.1 Å². The number of hydrogen-bond donors (Lipinski definition) is 1. The third-order valence-electron chi connectivity index (χ3n) is 4.96. The molecule has 0 spiro atoms. The molecule has 0 aliphatic carbocycles. The zero-order valence-electron chi connectivity index (χ0n) is 16.2. The molecule has 0 saturated carbocycles. The standard InChI is InChI=1S/C20H22BrFN2O4S/c1-24-16-8-4-3-7-13(16)11-14-17(29(24,26)27)12-15(21)19(22)20(14)23-10-6-5-9-18(25)28-2/h3-4,7-8,12,23H,5-6,9-11H2,1-2H3. The maximum Gasteiger partial charge on any atom is 0.305 e. The number of carbonyl (C=O) groups excluding carboxylic acids is 1. The first-order valence-corrected chi connectivity index (χ1v) is 11.4. The highest BCUT2D eigenvalue weighted by molar-refractivity contribution is 9.10. The quantitative estimate of drug-likeness (QED) is 0.493. The lowest BCUT2D eigenvalue weighted by Gasteiger charge is -2.20. The number of esters is 1. The number of methoxy groups -OCH3 is 1. The first-order chi connectivity index (χ1) is 13.8. The van der Waals surface area contributed by atoms with E-state index in [1.165, 1.54) is 24.5 Å². The molecule has 1 heterocycles. The van der Waals surface area contributed by atoms with Gasteiger partial charge >= 0.3 is 5.97 Å². The lowest BCUT2D eigenvalue weighted by molar-refractivity contribution is -0.140. The monoisotopic (exact) mass is 484 g/mol. The van der Waals surface area contributed by atoms with Crippen LogP contribution in [0.1, 0.15) is 30.4 Å². The van der Waals surface area contributed by atoms with Gasteiger partial charge in [0.2, 0.25) is 0 Å². The Morgan fingerprint density at radius 2 is 2.03 bits per heavy atom. The highest BCUT2D eigenvalue weighted by atomic mass is 79.9. The Balaban J connectivity index is 1.97. The maximum absolute atomic E-state index is 14.9. The first kappa shape index (κ1) is 21.6. The largest absolute Gasteiger partial charge is 0.469 e. The first-order valence-electron chi connectivity index (χ1n) is 9.15. The number of benzene rings is 2. The summed E-state index contributed by atoms with van der Waals surface area (Å²) in [6, 6.07) is 8.52. The Labute approximate surface area is 178 Å². The molecule has 1 aliphatic rings. The van der Waals surface area contributed by atoms with Crippen molar-refractivity contribution >= 4 is 43.3 Å². The van der Waals surface area contributed by atoms with Crippen LogP contribution in [0.3, 0.4) is 0 Å². The number of nitrogens with one attached hydrogen (secondary N) is 1. The molecule has 29 heavy (non-hydrogen) atoms. The van der Waals surface area contributed by atoms with Crippen LogP contribution in [0.5, 0.6) is 0 Å². The lowest BCUT2D eigenvalue weighted by Crippen LogP contribution is -2.26. The van der Waals surface area contributed by atoms with E-state index in [-0.39, 0.29) is 33.9 Å². The van der Waals surface area contributed by atoms with Gasteiger partial charge in [-0.1, -0.05) is 18.2 Å². The molecule has 156 valence electrons. The summed E-state index contributed by atoms with van der Waals surface area (Å²) in [5, 5.41) is 3.04. The molecule has 2 aromatic carbocycles. The molecular formula is C20H22BrFN2O4S. The molecule has 0 saturated heterocycles. The van der Waals surface area contributed by atoms with E-state index >= 15 is 0 Å². The van der Waals surface area contributed by atoms with E-state index in [9.17, 15) is 17.6 Å². The Morgan fingerprint density at radius 3 is 2.76 bits per heavy atom. The van der Waals surface area contributed by atoms with Crippen LogP contribution in [0, 0.1) is 5.82 Å². The van der Waals surface area contributed by atoms with Gasteiger partial charge in [0.15, 0.2) is 5.82 Å². The third-order valence-corrected chi connectivity index (χ3v) is 7.37. The van der Waals surface area contributed by atoms with E-state index in [4.69, 9.17) is 0 Å². The lowest BCUT2D eigenvalue weighted by atomic mass is 10.0. The summed E-state index contributed by atoms with van der Waals surface area (Å²) in [4.78, 5) is 11.3. The van der Waals surface area contributed by atoms with Gasteiger partial charge in [0.05, 0.1) is 27.9 Å². The molecule has 0 aromatic heterocycles. The molecule has 1 N–H and O–H groups in total. The molecular weight excluding hydrogens is 463 g/mol. The topological polar surface area (TPSA) is 75.7 Å². The Hall–Kier alpha value is -2.13. The van der Waals surface area contributed by atoms with Crippen molar-refractivity contribution in [2.45, 2.75) is 30.6 Å². The van der Waals surface area contributed by atoms with Gasteiger partial charge in [0.1, 0.15) is 0 Å². The molecule has 0 fully saturated rings. The predicted octanol–water partition coefficient (Wildman–Crippen LogP) is 4.07. The Morgan fingerprint density at radius 1 is 1.31 bits per heavy atom. The highest BCUT2D eigenvalue weighted by Gasteiger charge is 2.33. The van der Waals surface area contributed by atoms with Crippen LogP contribution in [0.25, 0.3) is 0 Å². The summed E-state index contributed by atoms with van der Waals surface area (Å²) in [6.07, 6.45) is 1.76. The summed E-state index contributed by atoms with van der Waals surface area (Å²) in [7, 11) is -1.01. The Kier molecular flexibility index (Phi) is 6.48. The zero-order valence-corrected chi connectivity index (χ0v) is 18.6. The SMILES string of the molecule is COC(=O)CCCCNc1c(F)c(Br)cc2c1Cc1ccccc1N(C)S2(=O)=O. The number of para-hydroxylation sites is 1. The smallest absolute Gasteiger partial charge is 0.305 e. The van der Waals surface area contributed by atoms with E-state index in [1.54, 1.807) is 12.1 Å². The van der Waals surface area contributed by atoms with E-state index in [0.717, 1.165) is 5.56 Å². The predicted molar refractivity (Wildman–Crippen MR) is 113 cm³/mol. The summed E-state index contributed by atoms with van der Waals surface area (Å²) in [5.74, 6) is -0.827. The van der Waals surface area contributed by atoms with E-state index < -0.39 is 15.8 Å². The second-order valence-electron chi connectivity index (χ2n) is 6.76. The van der Waals surface area contributed by atoms with Crippen molar-refractivity contribution in [1.29, 1.82) is 0 Å². The van der Waals surface area contributed by atoms with Gasteiger partial charge in [-0.3, -0.25) is 9.10 Å². The van der Waals surface area contributed by atoms with Crippen molar-refractivity contribution < 1.29 is 22.3 Å². The average Bonchev–Trinajstić information content (AvgIpc) is 2.78. The molecule has 0 amide bonds. The van der Waals surface area contributed by atoms with Crippen molar-refractivity contribution in [3.05, 3.63) is 51.7 Å². The number of unbranched alkanes of at least 4 members (excludes halogenated alkanes) is 1. The van der Waals surface area contributed by atoms with Crippen molar-refractivity contribution in [2.75, 3.05) is 30.3 Å². The average molecular weight is 485 g/mol. The van der Waals surface area contributed by atoms with E-state index in [2.05, 4.69) is 26.0 Å². The van der Waals surface area contributed by atoms with Crippen LogP contribution in [0.2, 0.25) is 0 Å². The fourth-order valence-electron chi connectivity index (χ4n) is 3.38. The van der Waals surface area contributed by atoms with Crippen molar-refractivity contribution in [2.24, 2.45) is 0 Å². The minimum atomic E-state index is -3.85. The number of halogens is 2. The number of anilines is 2. The second kappa shape index (κ2) is 8.71. The van der Waals surface area contributed by atoms with Crippen LogP contribution >= 0.6 is 15.9 Å². The summed E-state index contributed by atoms with van der Waals surface area (Å²) < 4.78 is 47.3. The van der Waals surface area contributed by atoms with Crippen molar-refractivity contribution in [3.63, 3.8) is 0 Å². The number of rotatable bonds is 6. The van der Waals surface area contributed by atoms with Crippen LogP contribution < -0.4 is 9.62 Å². The number of nitrogens with zero attached hydrogens (tertiary/aromatic N) is 1. The van der Waals surface area contributed by atoms with Gasteiger partial charge < -0.3 is 10.1 Å². The molecule has 0 unspecified atom stereocenters. The molecule has 6 nitrogen and oxygen atoms in total. The third kappa shape index (κ3) is 4.25. The maximum atomic E-state index is 14.9. The summed E-state index contributed by atoms with van der Waals surface area (Å²) in [5.41, 5.74) is 1.94. The van der Waals surface area contributed by atoms with Crippen LogP contribution in [-0.2, 0) is 26.0 Å².